The van der Waals surface area contributed by atoms with Crippen molar-refractivity contribution in [2.75, 3.05) is 0 Å². The molecule has 1 heterocycles. The van der Waals surface area contributed by atoms with Crippen LogP contribution in [0, 0.1) is 6.92 Å². The third kappa shape index (κ3) is 3.14. The van der Waals surface area contributed by atoms with Crippen LogP contribution in [0.5, 0.6) is 11.5 Å². The molecule has 0 radical (unpaired) electrons. The molecule has 2 aromatic carbocycles. The van der Waals surface area contributed by atoms with Crippen LogP contribution in [0.3, 0.4) is 0 Å². The minimum Gasteiger partial charge on any atom is -0.489 e. The fourth-order valence-electron chi connectivity index (χ4n) is 2.57. The van der Waals surface area contributed by atoms with Crippen molar-refractivity contribution in [2.45, 2.75) is 39.4 Å². The smallest absolute Gasteiger partial charge is 0.170 e. The number of hydrogen-bond acceptors (Lipinski definition) is 3. The van der Waals surface area contributed by atoms with E-state index in [0.717, 1.165) is 5.56 Å². The lowest BCUT2D eigenvalue weighted by Gasteiger charge is -2.31. The monoisotopic (exact) mass is 296 g/mol. The molecule has 1 aliphatic heterocycles. The number of ketones is 1. The fraction of sp³-hybridized carbons (Fsp3) is 0.316. The summed E-state index contributed by atoms with van der Waals surface area (Å²) in [6, 6.07) is 13.7. The highest BCUT2D eigenvalue weighted by Crippen LogP contribution is 2.35. The number of carbonyl (C=O) groups excluding carboxylic acids is 1. The first-order chi connectivity index (χ1) is 10.4. The predicted molar refractivity (Wildman–Crippen MR) is 85.6 cm³/mol. The van der Waals surface area contributed by atoms with Crippen LogP contribution < -0.4 is 9.47 Å². The second kappa shape index (κ2) is 5.48. The molecule has 0 spiro atoms. The first kappa shape index (κ1) is 14.6. The van der Waals surface area contributed by atoms with Crippen LogP contribution in [-0.4, -0.2) is 11.4 Å². The lowest BCUT2D eigenvalue weighted by molar-refractivity contribution is 0.0618. The molecule has 0 amide bonds. The molecule has 22 heavy (non-hydrogen) atoms. The van der Waals surface area contributed by atoms with E-state index in [1.54, 1.807) is 6.07 Å². The van der Waals surface area contributed by atoms with Gasteiger partial charge in [-0.25, -0.2) is 0 Å². The van der Waals surface area contributed by atoms with Gasteiger partial charge < -0.3 is 9.47 Å². The van der Waals surface area contributed by atoms with E-state index in [-0.39, 0.29) is 5.78 Å². The first-order valence-corrected chi connectivity index (χ1v) is 7.48. The Bertz CT molecular complexity index is 699. The van der Waals surface area contributed by atoms with Crippen LogP contribution in [0.1, 0.15) is 41.8 Å². The zero-order chi connectivity index (χ0) is 15.7. The normalized spacial score (nSPS) is 15.9. The highest BCUT2D eigenvalue weighted by atomic mass is 16.5. The molecule has 0 atom stereocenters. The molecule has 3 nitrogen and oxygen atoms in total. The maximum absolute atomic E-state index is 12.1. The van der Waals surface area contributed by atoms with Gasteiger partial charge in [0, 0.05) is 6.07 Å². The minimum absolute atomic E-state index is 0.122. The Kier molecular flexibility index (Phi) is 3.65. The maximum atomic E-state index is 12.1. The molecule has 0 saturated carbocycles. The molecule has 3 heteroatoms. The van der Waals surface area contributed by atoms with Crippen LogP contribution in [0.25, 0.3) is 0 Å². The van der Waals surface area contributed by atoms with E-state index in [0.29, 0.717) is 30.1 Å². The summed E-state index contributed by atoms with van der Waals surface area (Å²) in [5, 5.41) is 0. The van der Waals surface area contributed by atoms with Crippen LogP contribution in [0.4, 0.5) is 0 Å². The summed E-state index contributed by atoms with van der Waals surface area (Å²) in [5.74, 6) is 1.45. The molecule has 0 N–H and O–H groups in total. The number of Topliss-reactive ketones (excluding diaryl/α,β-unsaturated/α-hetero) is 1. The number of aryl methyl sites for hydroxylation is 1. The number of hydrogen-bond donors (Lipinski definition) is 0. The number of rotatable bonds is 3. The SMILES string of the molecule is Cc1ccc(COc2ccc3c(c2)OC(C)(C)CC3=O)cc1. The number of ether oxygens (including phenoxy) is 2. The average Bonchev–Trinajstić information content (AvgIpc) is 2.45. The maximum Gasteiger partial charge on any atom is 0.170 e. The van der Waals surface area contributed by atoms with E-state index in [4.69, 9.17) is 9.47 Å². The molecule has 0 bridgehead atoms. The Morgan fingerprint density at radius 3 is 2.59 bits per heavy atom. The predicted octanol–water partition coefficient (Wildman–Crippen LogP) is 4.32. The molecule has 0 unspecified atom stereocenters. The summed E-state index contributed by atoms with van der Waals surface area (Å²) < 4.78 is 11.7. The van der Waals surface area contributed by atoms with E-state index in [9.17, 15) is 4.79 Å². The molecular formula is C19H20O3. The zero-order valence-corrected chi connectivity index (χ0v) is 13.2. The number of benzene rings is 2. The quantitative estimate of drug-likeness (QED) is 0.846. The van der Waals surface area contributed by atoms with Gasteiger partial charge in [0.05, 0.1) is 12.0 Å². The van der Waals surface area contributed by atoms with Crippen molar-refractivity contribution < 1.29 is 14.3 Å². The molecular weight excluding hydrogens is 276 g/mol. The van der Waals surface area contributed by atoms with Gasteiger partial charge in [-0.1, -0.05) is 29.8 Å². The van der Waals surface area contributed by atoms with Gasteiger partial charge in [-0.15, -0.1) is 0 Å². The van der Waals surface area contributed by atoms with E-state index in [1.165, 1.54) is 5.56 Å². The van der Waals surface area contributed by atoms with Crippen molar-refractivity contribution in [3.63, 3.8) is 0 Å². The topological polar surface area (TPSA) is 35.5 Å². The van der Waals surface area contributed by atoms with Crippen molar-refractivity contribution in [1.29, 1.82) is 0 Å². The second-order valence-corrected chi connectivity index (χ2v) is 6.39. The minimum atomic E-state index is -0.459. The van der Waals surface area contributed by atoms with Gasteiger partial charge in [0.25, 0.3) is 0 Å². The van der Waals surface area contributed by atoms with Crippen molar-refractivity contribution in [2.24, 2.45) is 0 Å². The average molecular weight is 296 g/mol. The highest BCUT2D eigenvalue weighted by Gasteiger charge is 2.32. The number of carbonyl (C=O) groups is 1. The van der Waals surface area contributed by atoms with E-state index < -0.39 is 5.60 Å². The van der Waals surface area contributed by atoms with Crippen molar-refractivity contribution in [3.05, 3.63) is 59.2 Å². The fourth-order valence-corrected chi connectivity index (χ4v) is 2.57. The van der Waals surface area contributed by atoms with Gasteiger partial charge >= 0.3 is 0 Å². The van der Waals surface area contributed by atoms with Gasteiger partial charge in [-0.3, -0.25) is 4.79 Å². The largest absolute Gasteiger partial charge is 0.489 e. The summed E-state index contributed by atoms with van der Waals surface area (Å²) in [5.41, 5.74) is 2.52. The summed E-state index contributed by atoms with van der Waals surface area (Å²) in [6.07, 6.45) is 0.406. The number of fused-ring (bicyclic) bond motifs is 1. The Labute approximate surface area is 130 Å². The van der Waals surface area contributed by atoms with Gasteiger partial charge in [0.2, 0.25) is 0 Å². The van der Waals surface area contributed by atoms with Crippen LogP contribution in [-0.2, 0) is 6.61 Å². The van der Waals surface area contributed by atoms with Crippen LogP contribution >= 0.6 is 0 Å². The van der Waals surface area contributed by atoms with E-state index in [1.807, 2.05) is 26.0 Å². The van der Waals surface area contributed by atoms with Gasteiger partial charge in [0.15, 0.2) is 5.78 Å². The van der Waals surface area contributed by atoms with Crippen LogP contribution in [0.2, 0.25) is 0 Å². The van der Waals surface area contributed by atoms with E-state index >= 15 is 0 Å². The third-order valence-electron chi connectivity index (χ3n) is 3.75. The molecule has 0 fully saturated rings. The van der Waals surface area contributed by atoms with Crippen molar-refractivity contribution >= 4 is 5.78 Å². The molecule has 0 aliphatic carbocycles. The first-order valence-electron chi connectivity index (χ1n) is 7.48. The standard InChI is InChI=1S/C19H20O3/c1-13-4-6-14(7-5-13)12-21-15-8-9-16-17(20)11-19(2,3)22-18(16)10-15/h4-10H,11-12H2,1-3H3. The van der Waals surface area contributed by atoms with Gasteiger partial charge in [0.1, 0.15) is 23.7 Å². The lowest BCUT2D eigenvalue weighted by atomic mass is 9.93. The molecule has 0 aromatic heterocycles. The van der Waals surface area contributed by atoms with Crippen molar-refractivity contribution in [3.8, 4) is 11.5 Å². The molecule has 2 aromatic rings. The summed E-state index contributed by atoms with van der Waals surface area (Å²) in [4.78, 5) is 12.1. The van der Waals surface area contributed by atoms with Crippen LogP contribution in [0.15, 0.2) is 42.5 Å². The summed E-state index contributed by atoms with van der Waals surface area (Å²) in [7, 11) is 0. The van der Waals surface area contributed by atoms with Gasteiger partial charge in [-0.05, 0) is 38.5 Å². The third-order valence-corrected chi connectivity index (χ3v) is 3.75. The Morgan fingerprint density at radius 1 is 1.14 bits per heavy atom. The lowest BCUT2D eigenvalue weighted by Crippen LogP contribution is -2.35. The molecule has 1 aliphatic rings. The summed E-state index contributed by atoms with van der Waals surface area (Å²) in [6.45, 7) is 6.40. The van der Waals surface area contributed by atoms with E-state index in [2.05, 4.69) is 31.2 Å². The molecule has 3 rings (SSSR count). The van der Waals surface area contributed by atoms with Crippen molar-refractivity contribution in [1.82, 2.24) is 0 Å². The van der Waals surface area contributed by atoms with Gasteiger partial charge in [-0.2, -0.15) is 0 Å². The summed E-state index contributed by atoms with van der Waals surface area (Å²) >= 11 is 0. The Balaban J connectivity index is 1.76. The second-order valence-electron chi connectivity index (χ2n) is 6.39. The zero-order valence-electron chi connectivity index (χ0n) is 13.2. The molecule has 0 saturated heterocycles. The molecule has 114 valence electrons. The Morgan fingerprint density at radius 2 is 1.86 bits per heavy atom. The highest BCUT2D eigenvalue weighted by molar-refractivity contribution is 6.00. The Hall–Kier alpha value is -2.29.